The third-order valence-corrected chi connectivity index (χ3v) is 2.98. The van der Waals surface area contributed by atoms with E-state index in [0.717, 1.165) is 0 Å². The van der Waals surface area contributed by atoms with Crippen molar-refractivity contribution >= 4 is 11.8 Å². The summed E-state index contributed by atoms with van der Waals surface area (Å²) in [5.74, 6) is -0.920. The summed E-state index contributed by atoms with van der Waals surface area (Å²) in [5.41, 5.74) is -0.670. The molecule has 1 aromatic carbocycles. The van der Waals surface area contributed by atoms with Crippen LogP contribution in [0.2, 0.25) is 0 Å². The maximum atomic E-state index is 12.9. The summed E-state index contributed by atoms with van der Waals surface area (Å²) in [4.78, 5) is 23.7. The zero-order valence-corrected chi connectivity index (χ0v) is 12.2. The van der Waals surface area contributed by atoms with E-state index in [1.54, 1.807) is 13.8 Å². The van der Waals surface area contributed by atoms with Gasteiger partial charge >= 0.3 is 5.97 Å². The van der Waals surface area contributed by atoms with Crippen LogP contribution in [0.1, 0.15) is 26.3 Å². The fourth-order valence-electron chi connectivity index (χ4n) is 1.52. The average molecular weight is 282 g/mol. The fraction of sp³-hybridized carbons (Fsp3) is 0.467. The highest BCUT2D eigenvalue weighted by atomic mass is 19.1. The normalized spacial score (nSPS) is 11.1. The lowest BCUT2D eigenvalue weighted by Crippen LogP contribution is -2.38. The molecule has 0 atom stereocenters. The van der Waals surface area contributed by atoms with Gasteiger partial charge in [0.05, 0.1) is 6.61 Å². The Morgan fingerprint density at radius 1 is 1.30 bits per heavy atom. The number of rotatable bonds is 6. The molecule has 5 heteroatoms. The van der Waals surface area contributed by atoms with Crippen LogP contribution in [0.25, 0.3) is 0 Å². The van der Waals surface area contributed by atoms with Crippen molar-refractivity contribution in [3.63, 3.8) is 0 Å². The quantitative estimate of drug-likeness (QED) is 0.594. The van der Waals surface area contributed by atoms with Gasteiger partial charge in [0.15, 0.2) is 5.78 Å². The molecule has 0 aliphatic heterocycles. The van der Waals surface area contributed by atoms with Crippen LogP contribution in [-0.4, -0.2) is 25.0 Å². The van der Waals surface area contributed by atoms with Gasteiger partial charge in [-0.15, -0.1) is 0 Å². The van der Waals surface area contributed by atoms with Gasteiger partial charge in [0.25, 0.3) is 0 Å². The summed E-state index contributed by atoms with van der Waals surface area (Å²) in [6.45, 7) is 6.30. The molecule has 0 heterocycles. The van der Waals surface area contributed by atoms with Gasteiger partial charge in [0.1, 0.15) is 23.6 Å². The van der Waals surface area contributed by atoms with E-state index >= 15 is 0 Å². The van der Waals surface area contributed by atoms with Gasteiger partial charge in [0, 0.05) is 0 Å². The van der Waals surface area contributed by atoms with Gasteiger partial charge in [-0.3, -0.25) is 9.59 Å². The minimum Gasteiger partial charge on any atom is -0.486 e. The number of carbonyl (C=O) groups is 2. The Bertz CT molecular complexity index is 509. The van der Waals surface area contributed by atoms with Crippen molar-refractivity contribution in [3.05, 3.63) is 29.6 Å². The Labute approximate surface area is 117 Å². The number of aryl methyl sites for hydroxylation is 1. The molecular weight excluding hydrogens is 263 g/mol. The van der Waals surface area contributed by atoms with E-state index in [1.165, 1.54) is 32.0 Å². The smallest absolute Gasteiger partial charge is 0.319 e. The summed E-state index contributed by atoms with van der Waals surface area (Å²) < 4.78 is 23.1. The number of hydrogen-bond acceptors (Lipinski definition) is 4. The largest absolute Gasteiger partial charge is 0.486 e. The summed E-state index contributed by atoms with van der Waals surface area (Å²) in [6, 6.07) is 4.02. The van der Waals surface area contributed by atoms with E-state index in [2.05, 4.69) is 0 Å². The third-order valence-electron chi connectivity index (χ3n) is 2.98. The minimum atomic E-state index is -1.26. The van der Waals surface area contributed by atoms with Crippen LogP contribution in [0.4, 0.5) is 4.39 Å². The molecule has 0 N–H and O–H groups in total. The molecular formula is C15H19FO4. The predicted octanol–water partition coefficient (Wildman–Crippen LogP) is 2.67. The number of benzene rings is 1. The Morgan fingerprint density at radius 2 is 1.95 bits per heavy atom. The number of halogens is 1. The summed E-state index contributed by atoms with van der Waals surface area (Å²) >= 11 is 0. The van der Waals surface area contributed by atoms with Crippen LogP contribution in [0.5, 0.6) is 5.75 Å². The standard InChI is InChI=1S/C15H19FO4/c1-5-19-14(18)15(3,4)13(17)9-20-12-7-6-11(16)8-10(12)2/h6-8H,5,9H2,1-4H3. The van der Waals surface area contributed by atoms with E-state index in [4.69, 9.17) is 9.47 Å². The van der Waals surface area contributed by atoms with Crippen LogP contribution >= 0.6 is 0 Å². The van der Waals surface area contributed by atoms with Crippen molar-refractivity contribution < 1.29 is 23.5 Å². The van der Waals surface area contributed by atoms with Crippen LogP contribution in [0.15, 0.2) is 18.2 Å². The summed E-state index contributed by atoms with van der Waals surface area (Å²) in [6.07, 6.45) is 0. The second-order valence-corrected chi connectivity index (χ2v) is 4.97. The van der Waals surface area contributed by atoms with Gasteiger partial charge < -0.3 is 9.47 Å². The lowest BCUT2D eigenvalue weighted by molar-refractivity contribution is -0.158. The molecule has 0 aromatic heterocycles. The second kappa shape index (κ2) is 6.50. The Morgan fingerprint density at radius 3 is 2.50 bits per heavy atom. The van der Waals surface area contributed by atoms with Crippen molar-refractivity contribution in [2.75, 3.05) is 13.2 Å². The molecule has 0 amide bonds. The average Bonchev–Trinajstić information content (AvgIpc) is 2.37. The van der Waals surface area contributed by atoms with Crippen molar-refractivity contribution in [2.45, 2.75) is 27.7 Å². The van der Waals surface area contributed by atoms with Gasteiger partial charge in [-0.05, 0) is 51.5 Å². The lowest BCUT2D eigenvalue weighted by atomic mass is 9.88. The third kappa shape index (κ3) is 3.79. The highest BCUT2D eigenvalue weighted by Crippen LogP contribution is 2.22. The highest BCUT2D eigenvalue weighted by molar-refractivity contribution is 6.03. The maximum Gasteiger partial charge on any atom is 0.319 e. The number of hydrogen-bond donors (Lipinski definition) is 0. The highest BCUT2D eigenvalue weighted by Gasteiger charge is 2.37. The first kappa shape index (κ1) is 16.1. The molecule has 20 heavy (non-hydrogen) atoms. The topological polar surface area (TPSA) is 52.6 Å². The van der Waals surface area contributed by atoms with E-state index < -0.39 is 11.4 Å². The lowest BCUT2D eigenvalue weighted by Gasteiger charge is -2.21. The molecule has 0 aliphatic rings. The molecule has 0 bridgehead atoms. The van der Waals surface area contributed by atoms with Crippen LogP contribution in [0.3, 0.4) is 0 Å². The first-order valence-corrected chi connectivity index (χ1v) is 6.38. The summed E-state index contributed by atoms with van der Waals surface area (Å²) in [7, 11) is 0. The number of carbonyl (C=O) groups excluding carboxylic acids is 2. The monoisotopic (exact) mass is 282 g/mol. The van der Waals surface area contributed by atoms with Crippen molar-refractivity contribution in [3.8, 4) is 5.75 Å². The molecule has 1 rings (SSSR count). The van der Waals surface area contributed by atoms with Gasteiger partial charge in [-0.25, -0.2) is 4.39 Å². The van der Waals surface area contributed by atoms with E-state index in [0.29, 0.717) is 11.3 Å². The van der Waals surface area contributed by atoms with Crippen LogP contribution < -0.4 is 4.74 Å². The number of Topliss-reactive ketones (excluding diaryl/α,β-unsaturated/α-hetero) is 1. The molecule has 0 saturated heterocycles. The maximum absolute atomic E-state index is 12.9. The minimum absolute atomic E-state index is 0.216. The van der Waals surface area contributed by atoms with Gasteiger partial charge in [-0.2, -0.15) is 0 Å². The van der Waals surface area contributed by atoms with E-state index in [-0.39, 0.29) is 24.8 Å². The van der Waals surface area contributed by atoms with Gasteiger partial charge in [0.2, 0.25) is 0 Å². The first-order valence-electron chi connectivity index (χ1n) is 6.38. The van der Waals surface area contributed by atoms with E-state index in [1.807, 2.05) is 0 Å². The summed E-state index contributed by atoms with van der Waals surface area (Å²) in [5, 5.41) is 0. The van der Waals surface area contributed by atoms with Gasteiger partial charge in [-0.1, -0.05) is 0 Å². The molecule has 0 radical (unpaired) electrons. The van der Waals surface area contributed by atoms with Crippen LogP contribution in [0, 0.1) is 18.2 Å². The van der Waals surface area contributed by atoms with Crippen molar-refractivity contribution in [1.82, 2.24) is 0 Å². The second-order valence-electron chi connectivity index (χ2n) is 4.97. The number of ketones is 1. The number of esters is 1. The Balaban J connectivity index is 2.69. The van der Waals surface area contributed by atoms with Crippen molar-refractivity contribution in [1.29, 1.82) is 0 Å². The van der Waals surface area contributed by atoms with Crippen molar-refractivity contribution in [2.24, 2.45) is 5.41 Å². The molecule has 0 saturated carbocycles. The van der Waals surface area contributed by atoms with Crippen LogP contribution in [-0.2, 0) is 14.3 Å². The zero-order chi connectivity index (χ0) is 15.3. The molecule has 0 spiro atoms. The predicted molar refractivity (Wildman–Crippen MR) is 72.1 cm³/mol. The first-order chi connectivity index (χ1) is 9.28. The SMILES string of the molecule is CCOC(=O)C(C)(C)C(=O)COc1ccc(F)cc1C. The fourth-order valence-corrected chi connectivity index (χ4v) is 1.52. The van der Waals surface area contributed by atoms with E-state index in [9.17, 15) is 14.0 Å². The molecule has 0 fully saturated rings. The number of ether oxygens (including phenoxy) is 2. The molecule has 110 valence electrons. The Kier molecular flexibility index (Phi) is 5.25. The molecule has 0 unspecified atom stereocenters. The molecule has 0 aliphatic carbocycles. The molecule has 4 nitrogen and oxygen atoms in total. The Hall–Kier alpha value is -1.91. The zero-order valence-electron chi connectivity index (χ0n) is 12.2. The molecule has 1 aromatic rings.